The monoisotopic (exact) mass is 204 g/mol. The minimum Gasteiger partial charge on any atom is -0.481 e. The standard InChI is InChI=1S/C11H12N2O2/c1-6-9(5-11(14)15)8-3-2-7(12)4-10(8)13-6/h2-4,13H,5,12H2,1H3,(H,14,15). The second-order valence-electron chi connectivity index (χ2n) is 3.60. The minimum absolute atomic E-state index is 0.0375. The van der Waals surface area contributed by atoms with Crippen molar-refractivity contribution in [3.8, 4) is 0 Å². The number of carbonyl (C=O) groups is 1. The lowest BCUT2D eigenvalue weighted by molar-refractivity contribution is -0.136. The molecule has 78 valence electrons. The normalized spacial score (nSPS) is 10.7. The number of benzene rings is 1. The van der Waals surface area contributed by atoms with Gasteiger partial charge in [-0.3, -0.25) is 4.79 Å². The van der Waals surface area contributed by atoms with Gasteiger partial charge < -0.3 is 15.8 Å². The van der Waals surface area contributed by atoms with Crippen LogP contribution < -0.4 is 5.73 Å². The first kappa shape index (κ1) is 9.58. The van der Waals surface area contributed by atoms with Crippen LogP contribution in [0.5, 0.6) is 0 Å². The van der Waals surface area contributed by atoms with Crippen LogP contribution in [0.4, 0.5) is 5.69 Å². The summed E-state index contributed by atoms with van der Waals surface area (Å²) in [4.78, 5) is 13.8. The number of carboxylic acid groups (broad SMARTS) is 1. The number of aliphatic carboxylic acids is 1. The molecule has 0 bridgehead atoms. The average molecular weight is 204 g/mol. The van der Waals surface area contributed by atoms with Gasteiger partial charge in [-0.15, -0.1) is 0 Å². The Balaban J connectivity index is 2.63. The highest BCUT2D eigenvalue weighted by molar-refractivity contribution is 5.90. The summed E-state index contributed by atoms with van der Waals surface area (Å²) in [5.74, 6) is -0.823. The second-order valence-corrected chi connectivity index (χ2v) is 3.60. The lowest BCUT2D eigenvalue weighted by Crippen LogP contribution is -2.00. The maximum absolute atomic E-state index is 10.7. The molecular weight excluding hydrogens is 192 g/mol. The fraction of sp³-hybridized carbons (Fsp3) is 0.182. The maximum atomic E-state index is 10.7. The van der Waals surface area contributed by atoms with Crippen molar-refractivity contribution >= 4 is 22.6 Å². The first-order valence-corrected chi connectivity index (χ1v) is 4.66. The van der Waals surface area contributed by atoms with Crippen LogP contribution in [0.2, 0.25) is 0 Å². The van der Waals surface area contributed by atoms with Crippen molar-refractivity contribution in [3.05, 3.63) is 29.5 Å². The molecule has 1 heterocycles. The van der Waals surface area contributed by atoms with E-state index < -0.39 is 5.97 Å². The van der Waals surface area contributed by atoms with Gasteiger partial charge in [0, 0.05) is 22.3 Å². The topological polar surface area (TPSA) is 79.1 Å². The van der Waals surface area contributed by atoms with Crippen molar-refractivity contribution in [1.29, 1.82) is 0 Å². The largest absolute Gasteiger partial charge is 0.481 e. The molecule has 0 amide bonds. The van der Waals surface area contributed by atoms with Crippen LogP contribution in [0, 0.1) is 6.92 Å². The van der Waals surface area contributed by atoms with Gasteiger partial charge in [0.1, 0.15) is 0 Å². The number of H-pyrrole nitrogens is 1. The van der Waals surface area contributed by atoms with E-state index >= 15 is 0 Å². The van der Waals surface area contributed by atoms with Crippen LogP contribution in [0.25, 0.3) is 10.9 Å². The van der Waals surface area contributed by atoms with Gasteiger partial charge in [-0.05, 0) is 24.6 Å². The third kappa shape index (κ3) is 1.66. The van der Waals surface area contributed by atoms with Crippen molar-refractivity contribution in [2.24, 2.45) is 0 Å². The minimum atomic E-state index is -0.823. The van der Waals surface area contributed by atoms with Crippen LogP contribution in [-0.2, 0) is 11.2 Å². The van der Waals surface area contributed by atoms with E-state index in [1.165, 1.54) is 0 Å². The molecular formula is C11H12N2O2. The number of rotatable bonds is 2. The van der Waals surface area contributed by atoms with Gasteiger partial charge >= 0.3 is 5.97 Å². The number of nitrogens with one attached hydrogen (secondary N) is 1. The molecule has 0 saturated carbocycles. The first-order chi connectivity index (χ1) is 7.08. The SMILES string of the molecule is Cc1[nH]c2cc(N)ccc2c1CC(=O)O. The van der Waals surface area contributed by atoms with Crippen LogP contribution >= 0.6 is 0 Å². The number of anilines is 1. The Bertz CT molecular complexity index is 529. The van der Waals surface area contributed by atoms with Gasteiger partial charge in [0.05, 0.1) is 6.42 Å². The summed E-state index contributed by atoms with van der Waals surface area (Å²) < 4.78 is 0. The third-order valence-electron chi connectivity index (χ3n) is 2.47. The zero-order chi connectivity index (χ0) is 11.0. The van der Waals surface area contributed by atoms with Crippen molar-refractivity contribution in [2.45, 2.75) is 13.3 Å². The third-order valence-corrected chi connectivity index (χ3v) is 2.47. The Labute approximate surface area is 86.7 Å². The second kappa shape index (κ2) is 3.31. The summed E-state index contributed by atoms with van der Waals surface area (Å²) in [7, 11) is 0. The van der Waals surface area contributed by atoms with Crippen LogP contribution in [0.1, 0.15) is 11.3 Å². The summed E-state index contributed by atoms with van der Waals surface area (Å²) in [6, 6.07) is 5.45. The van der Waals surface area contributed by atoms with Gasteiger partial charge in [0.2, 0.25) is 0 Å². The summed E-state index contributed by atoms with van der Waals surface area (Å²) in [6.45, 7) is 1.87. The smallest absolute Gasteiger partial charge is 0.307 e. The van der Waals surface area contributed by atoms with Crippen molar-refractivity contribution < 1.29 is 9.90 Å². The van der Waals surface area contributed by atoms with Gasteiger partial charge in [0.15, 0.2) is 0 Å². The van der Waals surface area contributed by atoms with E-state index in [9.17, 15) is 4.79 Å². The highest BCUT2D eigenvalue weighted by atomic mass is 16.4. The molecule has 1 aromatic heterocycles. The molecule has 4 nitrogen and oxygen atoms in total. The molecule has 0 spiro atoms. The average Bonchev–Trinajstić information content (AvgIpc) is 2.41. The number of carboxylic acids is 1. The molecule has 4 N–H and O–H groups in total. The number of aromatic nitrogens is 1. The van der Waals surface area contributed by atoms with E-state index in [4.69, 9.17) is 10.8 Å². The Morgan fingerprint density at radius 3 is 2.93 bits per heavy atom. The number of nitrogens with two attached hydrogens (primary N) is 1. The summed E-state index contributed by atoms with van der Waals surface area (Å²) in [5, 5.41) is 9.72. The van der Waals surface area contributed by atoms with Crippen LogP contribution in [0.3, 0.4) is 0 Å². The quantitative estimate of drug-likeness (QED) is 0.651. The molecule has 0 saturated heterocycles. The van der Waals surface area contributed by atoms with E-state index in [1.807, 2.05) is 19.1 Å². The number of aryl methyl sites for hydroxylation is 1. The Kier molecular flexibility index (Phi) is 2.11. The van der Waals surface area contributed by atoms with Crippen molar-refractivity contribution in [3.63, 3.8) is 0 Å². The molecule has 0 aliphatic carbocycles. The Morgan fingerprint density at radius 1 is 1.53 bits per heavy atom. The predicted molar refractivity (Wildman–Crippen MR) is 58.8 cm³/mol. The van der Waals surface area contributed by atoms with Crippen LogP contribution in [-0.4, -0.2) is 16.1 Å². The van der Waals surface area contributed by atoms with Crippen molar-refractivity contribution in [1.82, 2.24) is 4.98 Å². The molecule has 15 heavy (non-hydrogen) atoms. The summed E-state index contributed by atoms with van der Waals surface area (Å²) in [6.07, 6.45) is 0.0375. The predicted octanol–water partition coefficient (Wildman–Crippen LogP) is 1.69. The van der Waals surface area contributed by atoms with Gasteiger partial charge in [-0.1, -0.05) is 6.07 Å². The Morgan fingerprint density at radius 2 is 2.27 bits per heavy atom. The lowest BCUT2D eigenvalue weighted by Gasteiger charge is -1.97. The molecule has 1 aromatic carbocycles. The van der Waals surface area contributed by atoms with Gasteiger partial charge in [-0.2, -0.15) is 0 Å². The number of aromatic amines is 1. The van der Waals surface area contributed by atoms with Gasteiger partial charge in [0.25, 0.3) is 0 Å². The molecule has 2 rings (SSSR count). The number of hydrogen-bond donors (Lipinski definition) is 3. The highest BCUT2D eigenvalue weighted by Gasteiger charge is 2.11. The first-order valence-electron chi connectivity index (χ1n) is 4.66. The summed E-state index contributed by atoms with van der Waals surface area (Å²) >= 11 is 0. The molecule has 0 aliphatic heterocycles. The molecule has 0 atom stereocenters. The molecule has 4 heteroatoms. The fourth-order valence-corrected chi connectivity index (χ4v) is 1.79. The molecule has 0 radical (unpaired) electrons. The summed E-state index contributed by atoms with van der Waals surface area (Å²) in [5.41, 5.74) is 8.93. The zero-order valence-corrected chi connectivity index (χ0v) is 8.37. The molecule has 2 aromatic rings. The van der Waals surface area contributed by atoms with E-state index in [2.05, 4.69) is 4.98 Å². The molecule has 0 aliphatic rings. The fourth-order valence-electron chi connectivity index (χ4n) is 1.79. The van der Waals surface area contributed by atoms with E-state index in [0.29, 0.717) is 5.69 Å². The van der Waals surface area contributed by atoms with Gasteiger partial charge in [-0.25, -0.2) is 0 Å². The number of nitrogen functional groups attached to an aromatic ring is 1. The highest BCUT2D eigenvalue weighted by Crippen LogP contribution is 2.24. The number of fused-ring (bicyclic) bond motifs is 1. The Hall–Kier alpha value is -1.97. The van der Waals surface area contributed by atoms with E-state index in [0.717, 1.165) is 22.2 Å². The molecule has 0 unspecified atom stereocenters. The molecule has 0 fully saturated rings. The lowest BCUT2D eigenvalue weighted by atomic mass is 10.1. The maximum Gasteiger partial charge on any atom is 0.307 e. The van der Waals surface area contributed by atoms with Crippen LogP contribution in [0.15, 0.2) is 18.2 Å². The van der Waals surface area contributed by atoms with E-state index in [-0.39, 0.29) is 6.42 Å². The zero-order valence-electron chi connectivity index (χ0n) is 8.37. The number of hydrogen-bond acceptors (Lipinski definition) is 2. The van der Waals surface area contributed by atoms with Crippen molar-refractivity contribution in [2.75, 3.05) is 5.73 Å². The van der Waals surface area contributed by atoms with E-state index in [1.54, 1.807) is 6.07 Å².